The Morgan fingerprint density at radius 3 is 2.00 bits per heavy atom. The minimum atomic E-state index is -1.17. The first-order valence-electron chi connectivity index (χ1n) is 3.63. The summed E-state index contributed by atoms with van der Waals surface area (Å²) in [6.45, 7) is 1.13. The highest BCUT2D eigenvalue weighted by Gasteiger charge is 2.24. The van der Waals surface area contributed by atoms with Crippen LogP contribution in [0.1, 0.15) is 6.92 Å². The van der Waals surface area contributed by atoms with Gasteiger partial charge in [0.05, 0.1) is 0 Å². The molecule has 0 aromatic heterocycles. The molecular formula is C5H8N6O5. The van der Waals surface area contributed by atoms with E-state index in [0.717, 1.165) is 6.92 Å². The summed E-state index contributed by atoms with van der Waals surface area (Å²) in [5.41, 5.74) is 9.65. The average Bonchev–Trinajstić information content (AvgIpc) is 2.15. The molecule has 0 aliphatic heterocycles. The van der Waals surface area contributed by atoms with E-state index >= 15 is 0 Å². The Morgan fingerprint density at radius 2 is 1.75 bits per heavy atom. The van der Waals surface area contributed by atoms with Gasteiger partial charge < -0.3 is 36.9 Å². The topological polar surface area (TPSA) is 183 Å². The molecule has 11 heteroatoms. The molecule has 0 aromatic rings. The molecule has 0 heterocycles. The number of allylic oxidation sites excluding steroid dienone is 1. The monoisotopic (exact) mass is 232 g/mol. The number of nitrogens with zero attached hydrogens (tertiary/aromatic N) is 4. The van der Waals surface area contributed by atoms with E-state index in [1.54, 1.807) is 0 Å². The smallest absolute Gasteiger partial charge is 0.409 e. The molecule has 0 spiro atoms. The van der Waals surface area contributed by atoms with E-state index in [9.17, 15) is 20.2 Å². The zero-order valence-electron chi connectivity index (χ0n) is 8.02. The van der Waals surface area contributed by atoms with Crippen molar-refractivity contribution in [3.05, 3.63) is 31.7 Å². The Kier molecular flexibility index (Phi) is 4.34. The zero-order valence-corrected chi connectivity index (χ0v) is 8.02. The van der Waals surface area contributed by atoms with Crippen LogP contribution in [0.15, 0.2) is 21.7 Å². The van der Waals surface area contributed by atoms with Crippen molar-refractivity contribution in [3.63, 3.8) is 0 Å². The van der Waals surface area contributed by atoms with Gasteiger partial charge >= 0.3 is 11.7 Å². The molecule has 0 aliphatic rings. The van der Waals surface area contributed by atoms with Crippen LogP contribution in [-0.4, -0.2) is 26.7 Å². The van der Waals surface area contributed by atoms with Crippen LogP contribution in [0, 0.1) is 20.2 Å². The Morgan fingerprint density at radius 1 is 1.25 bits per heavy atom. The molecule has 0 aliphatic carbocycles. The van der Waals surface area contributed by atoms with Crippen molar-refractivity contribution < 1.29 is 15.1 Å². The summed E-state index contributed by atoms with van der Waals surface area (Å²) >= 11 is 0. The Hall–Kier alpha value is -2.72. The molecule has 0 unspecified atom stereocenters. The van der Waals surface area contributed by atoms with Gasteiger partial charge in [0.2, 0.25) is 0 Å². The Bertz CT molecular complexity index is 406. The van der Waals surface area contributed by atoms with Crippen molar-refractivity contribution in [3.8, 4) is 0 Å². The maximum absolute atomic E-state index is 10.4. The van der Waals surface area contributed by atoms with Crippen LogP contribution >= 0.6 is 0 Å². The fourth-order valence-electron chi connectivity index (χ4n) is 0.610. The van der Waals surface area contributed by atoms with Crippen LogP contribution < -0.4 is 11.5 Å². The second-order valence-electron chi connectivity index (χ2n) is 2.44. The summed E-state index contributed by atoms with van der Waals surface area (Å²) in [4.78, 5) is 21.6. The highest BCUT2D eigenvalue weighted by Crippen LogP contribution is 2.02. The molecule has 0 aromatic carbocycles. The zero-order chi connectivity index (χ0) is 12.9. The molecule has 0 amide bonds. The molecule has 0 fully saturated rings. The van der Waals surface area contributed by atoms with Crippen LogP contribution in [0.25, 0.3) is 0 Å². The van der Waals surface area contributed by atoms with E-state index in [-0.39, 0.29) is 5.70 Å². The van der Waals surface area contributed by atoms with E-state index < -0.39 is 27.3 Å². The number of rotatable bonds is 2. The largest absolute Gasteiger partial charge is 0.414 e. The van der Waals surface area contributed by atoms with Crippen molar-refractivity contribution in [1.82, 2.24) is 0 Å². The van der Waals surface area contributed by atoms with Crippen molar-refractivity contribution in [1.29, 1.82) is 0 Å². The highest BCUT2D eigenvalue weighted by atomic mass is 16.6. The maximum atomic E-state index is 10.4. The molecule has 5 N–H and O–H groups in total. The molecule has 0 rings (SSSR count). The van der Waals surface area contributed by atoms with Gasteiger partial charge in [0.25, 0.3) is 5.84 Å². The second-order valence-corrected chi connectivity index (χ2v) is 2.44. The van der Waals surface area contributed by atoms with Gasteiger partial charge in [0, 0.05) is 4.99 Å². The first kappa shape index (κ1) is 13.3. The molecule has 0 saturated heterocycles. The summed E-state index contributed by atoms with van der Waals surface area (Å²) in [5, 5.41) is 31.3. The summed E-state index contributed by atoms with van der Waals surface area (Å²) < 4.78 is 0. The molecule has 0 bridgehead atoms. The fraction of sp³-hybridized carbons (Fsp3) is 0.200. The Labute approximate surface area is 88.0 Å². The van der Waals surface area contributed by atoms with Gasteiger partial charge in [0.15, 0.2) is 0 Å². The standard InChI is InChI=1S/C5H8N6O5/c1-2(6)4(10(13)14)8-5(11(15)16)3(7)9-12/h12H,6H2,1H3,(H2,7,9)/b4-2-,8-5+. The third-order valence-electron chi connectivity index (χ3n) is 1.25. The number of hydrogen-bond donors (Lipinski definition) is 3. The lowest BCUT2D eigenvalue weighted by atomic mass is 10.5. The van der Waals surface area contributed by atoms with Gasteiger partial charge in [-0.1, -0.05) is 5.16 Å². The maximum Gasteiger partial charge on any atom is 0.414 e. The van der Waals surface area contributed by atoms with Gasteiger partial charge in [-0.25, -0.2) is 0 Å². The summed E-state index contributed by atoms with van der Waals surface area (Å²) in [6, 6.07) is 0. The van der Waals surface area contributed by atoms with Gasteiger partial charge in [0.1, 0.15) is 5.70 Å². The van der Waals surface area contributed by atoms with Gasteiger partial charge in [-0.15, -0.1) is 0 Å². The SMILES string of the molecule is C\C(N)=C(/N=C(\C(N)=N\O)[N+](=O)[O-])[N+](=O)[O-]. The third-order valence-corrected chi connectivity index (χ3v) is 1.25. The lowest BCUT2D eigenvalue weighted by Crippen LogP contribution is -2.31. The lowest BCUT2D eigenvalue weighted by Gasteiger charge is -1.98. The predicted octanol–water partition coefficient (Wildman–Crippen LogP) is -1.17. The Balaban J connectivity index is 5.63. The number of aliphatic imine (C=N–C) groups is 1. The van der Waals surface area contributed by atoms with Crippen LogP contribution in [0.5, 0.6) is 0 Å². The van der Waals surface area contributed by atoms with Crippen LogP contribution in [-0.2, 0) is 0 Å². The van der Waals surface area contributed by atoms with Crippen molar-refractivity contribution in [2.24, 2.45) is 21.6 Å². The molecule has 0 saturated carbocycles. The number of oxime groups is 1. The molecular weight excluding hydrogens is 224 g/mol. The predicted molar refractivity (Wildman–Crippen MR) is 51.7 cm³/mol. The minimum Gasteiger partial charge on any atom is -0.409 e. The van der Waals surface area contributed by atoms with Crippen molar-refractivity contribution >= 4 is 11.7 Å². The van der Waals surface area contributed by atoms with Crippen LogP contribution in [0.2, 0.25) is 0 Å². The highest BCUT2D eigenvalue weighted by molar-refractivity contribution is 6.36. The minimum absolute atomic E-state index is 0.352. The molecule has 0 atom stereocenters. The normalized spacial score (nSPS) is 14.3. The van der Waals surface area contributed by atoms with E-state index in [4.69, 9.17) is 16.7 Å². The van der Waals surface area contributed by atoms with Crippen molar-refractivity contribution in [2.75, 3.05) is 0 Å². The van der Waals surface area contributed by atoms with E-state index in [0.29, 0.717) is 0 Å². The lowest BCUT2D eigenvalue weighted by molar-refractivity contribution is -0.428. The number of nitro groups is 2. The van der Waals surface area contributed by atoms with Crippen molar-refractivity contribution in [2.45, 2.75) is 6.92 Å². The second kappa shape index (κ2) is 5.23. The van der Waals surface area contributed by atoms with Crippen LogP contribution in [0.3, 0.4) is 0 Å². The summed E-state index contributed by atoms with van der Waals surface area (Å²) in [7, 11) is 0. The number of hydrogen-bond acceptors (Lipinski definition) is 8. The molecule has 11 nitrogen and oxygen atoms in total. The molecule has 88 valence electrons. The van der Waals surface area contributed by atoms with Gasteiger partial charge in [-0.3, -0.25) is 0 Å². The van der Waals surface area contributed by atoms with Gasteiger partial charge in [-0.2, -0.15) is 0 Å². The molecule has 0 radical (unpaired) electrons. The fourth-order valence-corrected chi connectivity index (χ4v) is 0.610. The molecule has 16 heavy (non-hydrogen) atoms. The number of amidine groups is 2. The van der Waals surface area contributed by atoms with Crippen LogP contribution in [0.4, 0.5) is 0 Å². The third kappa shape index (κ3) is 3.21. The van der Waals surface area contributed by atoms with Gasteiger partial charge in [-0.05, 0) is 16.8 Å². The first-order valence-corrected chi connectivity index (χ1v) is 3.63. The van der Waals surface area contributed by atoms with E-state index in [2.05, 4.69) is 10.1 Å². The first-order chi connectivity index (χ1) is 7.31. The number of nitrogens with two attached hydrogens (primary N) is 2. The van der Waals surface area contributed by atoms with E-state index in [1.807, 2.05) is 0 Å². The van der Waals surface area contributed by atoms with E-state index in [1.165, 1.54) is 0 Å². The average molecular weight is 232 g/mol. The quantitative estimate of drug-likeness (QED) is 0.176. The summed E-state index contributed by atoms with van der Waals surface area (Å²) in [5.74, 6) is -3.08. The summed E-state index contributed by atoms with van der Waals surface area (Å²) in [6.07, 6.45) is 0.